The van der Waals surface area contributed by atoms with Crippen molar-refractivity contribution in [3.63, 3.8) is 0 Å². The smallest absolute Gasteiger partial charge is 0.229 e. The zero-order chi connectivity index (χ0) is 15.5. The fourth-order valence-corrected chi connectivity index (χ4v) is 3.76. The van der Waals surface area contributed by atoms with Crippen LogP contribution in [0.1, 0.15) is 39.0 Å². The summed E-state index contributed by atoms with van der Waals surface area (Å²) < 4.78 is 24.9. The van der Waals surface area contributed by atoms with E-state index in [2.05, 4.69) is 17.0 Å². The van der Waals surface area contributed by atoms with Gasteiger partial charge < -0.3 is 5.32 Å². The van der Waals surface area contributed by atoms with E-state index < -0.39 is 10.0 Å². The summed E-state index contributed by atoms with van der Waals surface area (Å²) in [5.74, 6) is 0.700. The van der Waals surface area contributed by atoms with Gasteiger partial charge in [0.1, 0.15) is 0 Å². The predicted molar refractivity (Wildman–Crippen MR) is 89.6 cm³/mol. The second-order valence-corrected chi connectivity index (χ2v) is 8.06. The fraction of sp³-hybridized carbons (Fsp3) is 0.600. The molecule has 1 fully saturated rings. The molecule has 6 heteroatoms. The summed E-state index contributed by atoms with van der Waals surface area (Å²) >= 11 is 6.14. The van der Waals surface area contributed by atoms with Crippen LogP contribution < -0.4 is 10.0 Å². The number of sulfonamides is 1. The van der Waals surface area contributed by atoms with Crippen molar-refractivity contribution in [3.05, 3.63) is 23.2 Å². The Balaban J connectivity index is 2.02. The Morgan fingerprint density at radius 3 is 2.48 bits per heavy atom. The molecule has 1 aliphatic rings. The highest BCUT2D eigenvalue weighted by Crippen LogP contribution is 2.30. The molecule has 0 radical (unpaired) electrons. The quantitative estimate of drug-likeness (QED) is 0.854. The molecule has 0 spiro atoms. The van der Waals surface area contributed by atoms with Crippen LogP contribution in [0.5, 0.6) is 0 Å². The standard InChI is InChI=1S/C15H23ClN2O2S/c1-11(12-6-4-3-5-7-12)17-13-8-9-15(14(16)10-13)18-21(2,19)20/h8-12,17-18H,3-7H2,1-2H3. The molecule has 2 rings (SSSR count). The summed E-state index contributed by atoms with van der Waals surface area (Å²) in [6.45, 7) is 2.20. The van der Waals surface area contributed by atoms with Crippen LogP contribution in [0.25, 0.3) is 0 Å². The van der Waals surface area contributed by atoms with E-state index in [-0.39, 0.29) is 0 Å². The first-order valence-electron chi connectivity index (χ1n) is 7.39. The molecular weight excluding hydrogens is 308 g/mol. The molecule has 1 aromatic rings. The Labute approximate surface area is 132 Å². The highest BCUT2D eigenvalue weighted by Gasteiger charge is 2.20. The molecule has 0 saturated heterocycles. The Kier molecular flexibility index (Phi) is 5.38. The lowest BCUT2D eigenvalue weighted by atomic mass is 9.84. The van der Waals surface area contributed by atoms with E-state index in [4.69, 9.17) is 11.6 Å². The van der Waals surface area contributed by atoms with Crippen LogP contribution in [-0.2, 0) is 10.0 Å². The minimum atomic E-state index is -3.31. The summed E-state index contributed by atoms with van der Waals surface area (Å²) in [5.41, 5.74) is 1.34. The van der Waals surface area contributed by atoms with Gasteiger partial charge >= 0.3 is 0 Å². The van der Waals surface area contributed by atoms with Crippen molar-refractivity contribution in [2.75, 3.05) is 16.3 Å². The summed E-state index contributed by atoms with van der Waals surface area (Å²) in [6, 6.07) is 5.72. The first-order chi connectivity index (χ1) is 9.85. The number of rotatable bonds is 5. The molecular formula is C15H23ClN2O2S. The van der Waals surface area contributed by atoms with Gasteiger partial charge in [-0.05, 0) is 43.9 Å². The summed E-state index contributed by atoms with van der Waals surface area (Å²) in [5, 5.41) is 3.88. The largest absolute Gasteiger partial charge is 0.382 e. The average Bonchev–Trinajstić information content (AvgIpc) is 2.41. The van der Waals surface area contributed by atoms with Gasteiger partial charge in [0.2, 0.25) is 10.0 Å². The molecule has 2 N–H and O–H groups in total. The van der Waals surface area contributed by atoms with Gasteiger partial charge in [-0.1, -0.05) is 30.9 Å². The third-order valence-corrected chi connectivity index (χ3v) is 4.92. The monoisotopic (exact) mass is 330 g/mol. The molecule has 1 atom stereocenters. The van der Waals surface area contributed by atoms with Crippen molar-refractivity contribution in [2.24, 2.45) is 5.92 Å². The fourth-order valence-electron chi connectivity index (χ4n) is 2.90. The van der Waals surface area contributed by atoms with Crippen molar-refractivity contribution >= 4 is 33.0 Å². The van der Waals surface area contributed by atoms with Gasteiger partial charge in [0.25, 0.3) is 0 Å². The van der Waals surface area contributed by atoms with Crippen LogP contribution in [-0.4, -0.2) is 20.7 Å². The van der Waals surface area contributed by atoms with E-state index in [1.54, 1.807) is 12.1 Å². The van der Waals surface area contributed by atoms with Gasteiger partial charge in [0.15, 0.2) is 0 Å². The Bertz CT molecular complexity index is 583. The number of benzene rings is 1. The molecule has 1 aromatic carbocycles. The number of hydrogen-bond acceptors (Lipinski definition) is 3. The number of hydrogen-bond donors (Lipinski definition) is 2. The Morgan fingerprint density at radius 1 is 1.24 bits per heavy atom. The lowest BCUT2D eigenvalue weighted by molar-refractivity contribution is 0.328. The van der Waals surface area contributed by atoms with Gasteiger partial charge in [-0.25, -0.2) is 8.42 Å². The number of halogens is 1. The zero-order valence-electron chi connectivity index (χ0n) is 12.5. The van der Waals surface area contributed by atoms with Crippen LogP contribution in [0.4, 0.5) is 11.4 Å². The second-order valence-electron chi connectivity index (χ2n) is 5.90. The molecule has 0 aliphatic heterocycles. The van der Waals surface area contributed by atoms with Gasteiger partial charge in [-0.2, -0.15) is 0 Å². The molecule has 4 nitrogen and oxygen atoms in total. The molecule has 118 valence electrons. The van der Waals surface area contributed by atoms with Crippen molar-refractivity contribution < 1.29 is 8.42 Å². The third-order valence-electron chi connectivity index (χ3n) is 4.02. The van der Waals surface area contributed by atoms with Crippen molar-refractivity contribution in [3.8, 4) is 0 Å². The predicted octanol–water partition coefficient (Wildman–Crippen LogP) is 4.09. The lowest BCUT2D eigenvalue weighted by Crippen LogP contribution is -2.27. The average molecular weight is 331 g/mol. The molecule has 1 aliphatic carbocycles. The zero-order valence-corrected chi connectivity index (χ0v) is 14.1. The van der Waals surface area contributed by atoms with Crippen molar-refractivity contribution in [2.45, 2.75) is 45.1 Å². The van der Waals surface area contributed by atoms with E-state index in [0.717, 1.165) is 11.9 Å². The topological polar surface area (TPSA) is 58.2 Å². The maximum absolute atomic E-state index is 11.2. The minimum absolute atomic E-state index is 0.398. The van der Waals surface area contributed by atoms with Gasteiger partial charge in [-0.15, -0.1) is 0 Å². The molecule has 0 bridgehead atoms. The summed E-state index contributed by atoms with van der Waals surface area (Å²) in [6.07, 6.45) is 7.64. The second kappa shape index (κ2) is 6.88. The number of anilines is 2. The van der Waals surface area contributed by atoms with Gasteiger partial charge in [0.05, 0.1) is 17.0 Å². The first-order valence-corrected chi connectivity index (χ1v) is 9.66. The maximum atomic E-state index is 11.2. The summed E-state index contributed by atoms with van der Waals surface area (Å²) in [4.78, 5) is 0. The summed E-state index contributed by atoms with van der Waals surface area (Å²) in [7, 11) is -3.31. The molecule has 21 heavy (non-hydrogen) atoms. The molecule has 0 aromatic heterocycles. The Morgan fingerprint density at radius 2 is 1.90 bits per heavy atom. The molecule has 1 unspecified atom stereocenters. The Hall–Kier alpha value is -0.940. The molecule has 0 heterocycles. The van der Waals surface area contributed by atoms with Crippen LogP contribution in [0.2, 0.25) is 5.02 Å². The minimum Gasteiger partial charge on any atom is -0.382 e. The number of nitrogens with one attached hydrogen (secondary N) is 2. The molecule has 1 saturated carbocycles. The van der Waals surface area contributed by atoms with Crippen LogP contribution in [0.15, 0.2) is 18.2 Å². The van der Waals surface area contributed by atoms with Crippen molar-refractivity contribution in [1.82, 2.24) is 0 Å². The van der Waals surface area contributed by atoms with E-state index in [1.165, 1.54) is 32.1 Å². The van der Waals surface area contributed by atoms with E-state index in [9.17, 15) is 8.42 Å². The first kappa shape index (κ1) is 16.4. The van der Waals surface area contributed by atoms with E-state index >= 15 is 0 Å². The molecule has 0 amide bonds. The maximum Gasteiger partial charge on any atom is 0.229 e. The normalized spacial score (nSPS) is 18.2. The highest BCUT2D eigenvalue weighted by atomic mass is 35.5. The van der Waals surface area contributed by atoms with E-state index in [0.29, 0.717) is 22.7 Å². The van der Waals surface area contributed by atoms with Gasteiger partial charge in [-0.3, -0.25) is 4.72 Å². The lowest BCUT2D eigenvalue weighted by Gasteiger charge is -2.29. The van der Waals surface area contributed by atoms with Gasteiger partial charge in [0, 0.05) is 11.7 Å². The van der Waals surface area contributed by atoms with Crippen LogP contribution in [0.3, 0.4) is 0 Å². The SMILES string of the molecule is CC(Nc1ccc(NS(C)(=O)=O)c(Cl)c1)C1CCCCC1. The van der Waals surface area contributed by atoms with Crippen LogP contribution in [0, 0.1) is 5.92 Å². The van der Waals surface area contributed by atoms with Crippen molar-refractivity contribution in [1.29, 1.82) is 0 Å². The van der Waals surface area contributed by atoms with E-state index in [1.807, 2.05) is 6.07 Å². The highest BCUT2D eigenvalue weighted by molar-refractivity contribution is 7.92. The van der Waals surface area contributed by atoms with Crippen LogP contribution >= 0.6 is 11.6 Å². The third kappa shape index (κ3) is 5.08.